The van der Waals surface area contributed by atoms with Crippen LogP contribution in [0.5, 0.6) is 0 Å². The Balaban J connectivity index is 4.03. The fourth-order valence-corrected chi connectivity index (χ4v) is 1.19. The van der Waals surface area contributed by atoms with E-state index in [1.807, 2.05) is 34.6 Å². The van der Waals surface area contributed by atoms with Crippen molar-refractivity contribution in [1.29, 1.82) is 0 Å². The molecule has 0 aromatic carbocycles. The molecule has 0 aromatic heterocycles. The molecule has 0 bridgehead atoms. The number of rotatable bonds is 5. The van der Waals surface area contributed by atoms with Crippen LogP contribution in [0.1, 0.15) is 54.4 Å². The Labute approximate surface area is 93.1 Å². The fourth-order valence-electron chi connectivity index (χ4n) is 1.19. The van der Waals surface area contributed by atoms with Crippen LogP contribution in [0.15, 0.2) is 0 Å². The van der Waals surface area contributed by atoms with Crippen molar-refractivity contribution < 1.29 is 14.3 Å². The van der Waals surface area contributed by atoms with Crippen molar-refractivity contribution in [3.8, 4) is 0 Å². The van der Waals surface area contributed by atoms with Gasteiger partial charge in [0.25, 0.3) is 0 Å². The Morgan fingerprint density at radius 1 is 1.27 bits per heavy atom. The summed E-state index contributed by atoms with van der Waals surface area (Å²) in [5.74, 6) is 0.312. The quantitative estimate of drug-likeness (QED) is 0.656. The molecule has 0 heterocycles. The predicted octanol–water partition coefficient (Wildman–Crippen LogP) is 3.76. The van der Waals surface area contributed by atoms with Crippen LogP contribution in [-0.4, -0.2) is 17.9 Å². The summed E-state index contributed by atoms with van der Waals surface area (Å²) in [5.41, 5.74) is -0.428. The molecule has 0 aromatic rings. The van der Waals surface area contributed by atoms with Crippen LogP contribution in [0.25, 0.3) is 0 Å². The highest BCUT2D eigenvalue weighted by atomic mass is 16.7. The van der Waals surface area contributed by atoms with E-state index in [1.54, 1.807) is 0 Å². The van der Waals surface area contributed by atoms with Gasteiger partial charge < -0.3 is 9.47 Å². The molecule has 0 aliphatic carbocycles. The first-order valence-electron chi connectivity index (χ1n) is 5.68. The largest absolute Gasteiger partial charge is 0.509 e. The van der Waals surface area contributed by atoms with E-state index in [4.69, 9.17) is 9.47 Å². The van der Waals surface area contributed by atoms with Crippen LogP contribution in [0.2, 0.25) is 0 Å². The van der Waals surface area contributed by atoms with Crippen molar-refractivity contribution in [3.63, 3.8) is 0 Å². The predicted molar refractivity (Wildman–Crippen MR) is 60.9 cm³/mol. The van der Waals surface area contributed by atoms with Gasteiger partial charge in [0.15, 0.2) is 0 Å². The SMILES string of the molecule is CCCC(C)(C)OC(=O)OC(C)C(C)C. The maximum atomic E-state index is 11.4. The molecule has 15 heavy (non-hydrogen) atoms. The lowest BCUT2D eigenvalue weighted by molar-refractivity contribution is -0.0420. The van der Waals surface area contributed by atoms with Crippen molar-refractivity contribution in [3.05, 3.63) is 0 Å². The van der Waals surface area contributed by atoms with Gasteiger partial charge in [-0.2, -0.15) is 0 Å². The minimum atomic E-state index is -0.561. The molecule has 0 aliphatic rings. The van der Waals surface area contributed by atoms with Gasteiger partial charge in [-0.1, -0.05) is 27.2 Å². The topological polar surface area (TPSA) is 35.5 Å². The monoisotopic (exact) mass is 216 g/mol. The van der Waals surface area contributed by atoms with Crippen LogP contribution in [0.3, 0.4) is 0 Å². The van der Waals surface area contributed by atoms with Crippen molar-refractivity contribution in [2.24, 2.45) is 5.92 Å². The third-order valence-corrected chi connectivity index (χ3v) is 2.43. The number of carbonyl (C=O) groups is 1. The van der Waals surface area contributed by atoms with Crippen molar-refractivity contribution in [2.45, 2.75) is 66.1 Å². The van der Waals surface area contributed by atoms with Gasteiger partial charge in [0.1, 0.15) is 11.7 Å². The van der Waals surface area contributed by atoms with E-state index in [2.05, 4.69) is 6.92 Å². The zero-order chi connectivity index (χ0) is 12.1. The highest BCUT2D eigenvalue weighted by Crippen LogP contribution is 2.18. The van der Waals surface area contributed by atoms with Gasteiger partial charge in [-0.3, -0.25) is 0 Å². The Bertz CT molecular complexity index is 197. The molecule has 0 N–H and O–H groups in total. The van der Waals surface area contributed by atoms with Crippen molar-refractivity contribution >= 4 is 6.16 Å². The van der Waals surface area contributed by atoms with E-state index in [1.165, 1.54) is 0 Å². The van der Waals surface area contributed by atoms with Crippen LogP contribution < -0.4 is 0 Å². The first-order chi connectivity index (χ1) is 6.78. The molecule has 90 valence electrons. The minimum absolute atomic E-state index is 0.102. The maximum absolute atomic E-state index is 11.4. The maximum Gasteiger partial charge on any atom is 0.509 e. The Kier molecular flexibility index (Phi) is 5.69. The summed E-state index contributed by atoms with van der Waals surface area (Å²) in [6.45, 7) is 11.8. The van der Waals surface area contributed by atoms with Gasteiger partial charge in [0.2, 0.25) is 0 Å². The lowest BCUT2D eigenvalue weighted by atomic mass is 10.0. The second-order valence-corrected chi connectivity index (χ2v) is 4.93. The van der Waals surface area contributed by atoms with E-state index >= 15 is 0 Å². The summed E-state index contributed by atoms with van der Waals surface area (Å²) >= 11 is 0. The van der Waals surface area contributed by atoms with Gasteiger partial charge >= 0.3 is 6.16 Å². The van der Waals surface area contributed by atoms with Gasteiger partial charge in [-0.05, 0) is 33.1 Å². The highest BCUT2D eigenvalue weighted by molar-refractivity contribution is 5.60. The van der Waals surface area contributed by atoms with Crippen LogP contribution in [0, 0.1) is 5.92 Å². The van der Waals surface area contributed by atoms with E-state index in [9.17, 15) is 4.79 Å². The second-order valence-electron chi connectivity index (χ2n) is 4.93. The van der Waals surface area contributed by atoms with Crippen molar-refractivity contribution in [1.82, 2.24) is 0 Å². The molecular weight excluding hydrogens is 192 g/mol. The molecule has 0 rings (SSSR count). The van der Waals surface area contributed by atoms with Gasteiger partial charge in [-0.25, -0.2) is 4.79 Å². The number of hydrogen-bond donors (Lipinski definition) is 0. The fraction of sp³-hybridized carbons (Fsp3) is 0.917. The van der Waals surface area contributed by atoms with Crippen LogP contribution in [-0.2, 0) is 9.47 Å². The number of carbonyl (C=O) groups excluding carboxylic acids is 1. The Hall–Kier alpha value is -0.730. The highest BCUT2D eigenvalue weighted by Gasteiger charge is 2.24. The number of ether oxygens (including phenoxy) is 2. The summed E-state index contributed by atoms with van der Waals surface area (Å²) in [6, 6.07) is 0. The summed E-state index contributed by atoms with van der Waals surface area (Å²) in [5, 5.41) is 0. The number of hydrogen-bond acceptors (Lipinski definition) is 3. The lowest BCUT2D eigenvalue weighted by Gasteiger charge is -2.25. The molecule has 0 radical (unpaired) electrons. The average molecular weight is 216 g/mol. The summed E-state index contributed by atoms with van der Waals surface area (Å²) in [6.07, 6.45) is 1.17. The zero-order valence-electron chi connectivity index (χ0n) is 10.8. The van der Waals surface area contributed by atoms with Gasteiger partial charge in [0, 0.05) is 0 Å². The summed E-state index contributed by atoms with van der Waals surface area (Å²) in [7, 11) is 0. The molecule has 0 aliphatic heterocycles. The molecule has 3 nitrogen and oxygen atoms in total. The molecule has 0 saturated carbocycles. The van der Waals surface area contributed by atoms with E-state index in [-0.39, 0.29) is 6.10 Å². The third-order valence-electron chi connectivity index (χ3n) is 2.43. The average Bonchev–Trinajstić information content (AvgIpc) is 2.01. The molecule has 0 amide bonds. The lowest BCUT2D eigenvalue weighted by Crippen LogP contribution is -2.31. The molecule has 1 unspecified atom stereocenters. The van der Waals surface area contributed by atoms with Crippen LogP contribution in [0.4, 0.5) is 4.79 Å². The van der Waals surface area contributed by atoms with E-state index in [0.717, 1.165) is 12.8 Å². The first-order valence-corrected chi connectivity index (χ1v) is 5.68. The molecule has 3 heteroatoms. The molecule has 0 fully saturated rings. The minimum Gasteiger partial charge on any atom is -0.431 e. The molecule has 1 atom stereocenters. The van der Waals surface area contributed by atoms with Crippen LogP contribution >= 0.6 is 0 Å². The van der Waals surface area contributed by atoms with Gasteiger partial charge in [-0.15, -0.1) is 0 Å². The van der Waals surface area contributed by atoms with E-state index < -0.39 is 11.8 Å². The smallest absolute Gasteiger partial charge is 0.431 e. The summed E-state index contributed by atoms with van der Waals surface area (Å²) < 4.78 is 10.4. The summed E-state index contributed by atoms with van der Waals surface area (Å²) in [4.78, 5) is 11.4. The normalized spacial score (nSPS) is 13.8. The Morgan fingerprint density at radius 2 is 1.80 bits per heavy atom. The standard InChI is InChI=1S/C12H24O3/c1-7-8-12(5,6)15-11(13)14-10(4)9(2)3/h9-10H,7-8H2,1-6H3. The zero-order valence-corrected chi connectivity index (χ0v) is 10.8. The first kappa shape index (κ1) is 14.3. The third kappa shape index (κ3) is 6.37. The Morgan fingerprint density at radius 3 is 2.20 bits per heavy atom. The molecular formula is C12H24O3. The molecule has 0 saturated heterocycles. The van der Waals surface area contributed by atoms with Crippen molar-refractivity contribution in [2.75, 3.05) is 0 Å². The van der Waals surface area contributed by atoms with Gasteiger partial charge in [0.05, 0.1) is 0 Å². The molecule has 0 spiro atoms. The van der Waals surface area contributed by atoms with E-state index in [0.29, 0.717) is 5.92 Å². The second kappa shape index (κ2) is 5.99.